The summed E-state index contributed by atoms with van der Waals surface area (Å²) in [4.78, 5) is 12.3. The predicted octanol–water partition coefficient (Wildman–Crippen LogP) is 4.86. The van der Waals surface area contributed by atoms with E-state index < -0.39 is 17.9 Å². The number of unbranched alkanes of at least 4 members (excludes halogenated alkanes) is 2. The van der Waals surface area contributed by atoms with Crippen molar-refractivity contribution < 1.29 is 27.8 Å². The SMILES string of the molecule is CC(C)(C)OC(=O)C(CCCCCC(O)C(F)(F)F)C(C)(C)C. The van der Waals surface area contributed by atoms with E-state index in [1.165, 1.54) is 0 Å². The van der Waals surface area contributed by atoms with Gasteiger partial charge in [0.15, 0.2) is 0 Å². The lowest BCUT2D eigenvalue weighted by Gasteiger charge is -2.32. The van der Waals surface area contributed by atoms with Crippen LogP contribution in [0.3, 0.4) is 0 Å². The highest BCUT2D eigenvalue weighted by Crippen LogP contribution is 2.33. The van der Waals surface area contributed by atoms with Crippen molar-refractivity contribution >= 4 is 5.97 Å². The molecule has 0 radical (unpaired) electrons. The Morgan fingerprint density at radius 1 is 0.957 bits per heavy atom. The number of esters is 1. The molecule has 23 heavy (non-hydrogen) atoms. The second-order valence-electron chi connectivity index (χ2n) is 8.15. The zero-order valence-corrected chi connectivity index (χ0v) is 15.1. The number of alkyl halides is 3. The highest BCUT2D eigenvalue weighted by molar-refractivity contribution is 5.73. The first-order chi connectivity index (χ1) is 10.1. The number of carbonyl (C=O) groups is 1. The molecule has 0 amide bonds. The van der Waals surface area contributed by atoms with Crippen molar-refractivity contribution in [3.8, 4) is 0 Å². The summed E-state index contributed by atoms with van der Waals surface area (Å²) in [6.45, 7) is 11.3. The first-order valence-electron chi connectivity index (χ1n) is 8.12. The van der Waals surface area contributed by atoms with Gasteiger partial charge in [0, 0.05) is 0 Å². The number of hydrogen-bond acceptors (Lipinski definition) is 3. The Kier molecular flexibility index (Phi) is 8.07. The maximum Gasteiger partial charge on any atom is 0.414 e. The molecule has 0 fully saturated rings. The van der Waals surface area contributed by atoms with Gasteiger partial charge in [0.1, 0.15) is 11.7 Å². The molecule has 0 aliphatic heterocycles. The van der Waals surface area contributed by atoms with Gasteiger partial charge in [-0.25, -0.2) is 0 Å². The standard InChI is InChI=1S/C17H31F3O3/c1-15(2,3)12(14(22)23-16(4,5)6)10-8-7-9-11-13(21)17(18,19)20/h12-13,21H,7-11H2,1-6H3. The number of halogens is 3. The van der Waals surface area contributed by atoms with Crippen molar-refractivity contribution in [3.63, 3.8) is 0 Å². The van der Waals surface area contributed by atoms with Gasteiger partial charge in [0.25, 0.3) is 0 Å². The van der Waals surface area contributed by atoms with Gasteiger partial charge in [0.05, 0.1) is 5.92 Å². The summed E-state index contributed by atoms with van der Waals surface area (Å²) in [6, 6.07) is 0. The average Bonchev–Trinajstić information content (AvgIpc) is 2.27. The van der Waals surface area contributed by atoms with E-state index >= 15 is 0 Å². The van der Waals surface area contributed by atoms with Crippen LogP contribution < -0.4 is 0 Å². The van der Waals surface area contributed by atoms with Crippen molar-refractivity contribution in [1.29, 1.82) is 0 Å². The third-order valence-corrected chi connectivity index (χ3v) is 3.58. The van der Waals surface area contributed by atoms with E-state index in [4.69, 9.17) is 9.84 Å². The van der Waals surface area contributed by atoms with Crippen LogP contribution in [0.15, 0.2) is 0 Å². The lowest BCUT2D eigenvalue weighted by molar-refractivity contribution is -0.205. The van der Waals surface area contributed by atoms with Crippen LogP contribution in [-0.4, -0.2) is 29.0 Å². The molecular weight excluding hydrogens is 309 g/mol. The second-order valence-corrected chi connectivity index (χ2v) is 8.15. The summed E-state index contributed by atoms with van der Waals surface area (Å²) in [5.41, 5.74) is -0.828. The molecule has 0 saturated heterocycles. The lowest BCUT2D eigenvalue weighted by Crippen LogP contribution is -2.35. The third kappa shape index (κ3) is 9.84. The van der Waals surface area contributed by atoms with Gasteiger partial charge in [-0.05, 0) is 39.0 Å². The van der Waals surface area contributed by atoms with Crippen LogP contribution in [-0.2, 0) is 9.53 Å². The van der Waals surface area contributed by atoms with E-state index in [0.717, 1.165) is 0 Å². The van der Waals surface area contributed by atoms with Crippen LogP contribution in [0.4, 0.5) is 13.2 Å². The normalized spacial score (nSPS) is 16.1. The Hall–Kier alpha value is -0.780. The van der Waals surface area contributed by atoms with E-state index in [9.17, 15) is 18.0 Å². The summed E-state index contributed by atoms with van der Waals surface area (Å²) in [6.07, 6.45) is -5.08. The lowest BCUT2D eigenvalue weighted by atomic mass is 9.77. The van der Waals surface area contributed by atoms with Crippen molar-refractivity contribution in [3.05, 3.63) is 0 Å². The minimum absolute atomic E-state index is 0.264. The monoisotopic (exact) mass is 340 g/mol. The molecule has 0 heterocycles. The number of rotatable bonds is 7. The highest BCUT2D eigenvalue weighted by atomic mass is 19.4. The predicted molar refractivity (Wildman–Crippen MR) is 83.9 cm³/mol. The number of aliphatic hydroxyl groups excluding tert-OH is 1. The molecule has 3 nitrogen and oxygen atoms in total. The molecule has 0 aromatic rings. The maximum atomic E-state index is 12.3. The minimum Gasteiger partial charge on any atom is -0.460 e. The van der Waals surface area contributed by atoms with Gasteiger partial charge in [-0.3, -0.25) is 4.79 Å². The molecule has 0 saturated carbocycles. The summed E-state index contributed by atoms with van der Waals surface area (Å²) >= 11 is 0. The average molecular weight is 340 g/mol. The first-order valence-corrected chi connectivity index (χ1v) is 8.12. The van der Waals surface area contributed by atoms with E-state index in [2.05, 4.69) is 0 Å². The smallest absolute Gasteiger partial charge is 0.414 e. The Bertz CT molecular complexity index is 365. The molecule has 0 aromatic heterocycles. The third-order valence-electron chi connectivity index (χ3n) is 3.58. The Labute approximate surface area is 137 Å². The van der Waals surface area contributed by atoms with Crippen LogP contribution in [0.2, 0.25) is 0 Å². The van der Waals surface area contributed by atoms with Gasteiger partial charge >= 0.3 is 12.1 Å². The van der Waals surface area contributed by atoms with E-state index in [1.807, 2.05) is 41.5 Å². The summed E-state index contributed by atoms with van der Waals surface area (Å²) in [5.74, 6) is -0.561. The summed E-state index contributed by atoms with van der Waals surface area (Å²) in [5, 5.41) is 8.94. The van der Waals surface area contributed by atoms with Crippen molar-refractivity contribution in [2.75, 3.05) is 0 Å². The zero-order valence-electron chi connectivity index (χ0n) is 15.1. The fraction of sp³-hybridized carbons (Fsp3) is 0.941. The zero-order chi connectivity index (χ0) is 18.5. The van der Waals surface area contributed by atoms with Gasteiger partial charge in [0.2, 0.25) is 0 Å². The van der Waals surface area contributed by atoms with Crippen molar-refractivity contribution in [2.24, 2.45) is 11.3 Å². The quantitative estimate of drug-likeness (QED) is 0.531. The molecule has 138 valence electrons. The van der Waals surface area contributed by atoms with E-state index in [-0.39, 0.29) is 30.1 Å². The van der Waals surface area contributed by atoms with Crippen LogP contribution in [0.1, 0.15) is 73.6 Å². The van der Waals surface area contributed by atoms with Crippen LogP contribution in [0.5, 0.6) is 0 Å². The van der Waals surface area contributed by atoms with Gasteiger partial charge in [-0.1, -0.05) is 40.0 Å². The van der Waals surface area contributed by atoms with Gasteiger partial charge in [-0.15, -0.1) is 0 Å². The molecule has 0 spiro atoms. The highest BCUT2D eigenvalue weighted by Gasteiger charge is 2.37. The molecule has 0 rings (SSSR count). The van der Waals surface area contributed by atoms with Crippen LogP contribution >= 0.6 is 0 Å². The van der Waals surface area contributed by atoms with E-state index in [0.29, 0.717) is 19.3 Å². The molecule has 2 unspecified atom stereocenters. The van der Waals surface area contributed by atoms with Gasteiger partial charge < -0.3 is 9.84 Å². The second kappa shape index (κ2) is 8.36. The topological polar surface area (TPSA) is 46.5 Å². The number of aliphatic hydroxyl groups is 1. The van der Waals surface area contributed by atoms with Gasteiger partial charge in [-0.2, -0.15) is 13.2 Å². The molecule has 0 bridgehead atoms. The van der Waals surface area contributed by atoms with Crippen LogP contribution in [0, 0.1) is 11.3 Å². The Morgan fingerprint density at radius 3 is 1.83 bits per heavy atom. The fourth-order valence-electron chi connectivity index (χ4n) is 2.30. The molecule has 2 atom stereocenters. The first kappa shape index (κ1) is 22.2. The van der Waals surface area contributed by atoms with Crippen LogP contribution in [0.25, 0.3) is 0 Å². The molecule has 0 aliphatic rings. The molecule has 0 aliphatic carbocycles. The maximum absolute atomic E-state index is 12.3. The van der Waals surface area contributed by atoms with Crippen molar-refractivity contribution in [2.45, 2.75) is 91.5 Å². The Morgan fingerprint density at radius 2 is 1.43 bits per heavy atom. The summed E-state index contributed by atoms with van der Waals surface area (Å²) < 4.78 is 42.0. The minimum atomic E-state index is -4.55. The molecular formula is C17H31F3O3. The van der Waals surface area contributed by atoms with E-state index in [1.54, 1.807) is 0 Å². The number of ether oxygens (including phenoxy) is 1. The molecule has 6 heteroatoms. The number of carbonyl (C=O) groups excluding carboxylic acids is 1. The largest absolute Gasteiger partial charge is 0.460 e. The molecule has 1 N–H and O–H groups in total. The Balaban J connectivity index is 4.36. The summed E-state index contributed by atoms with van der Waals surface area (Å²) in [7, 11) is 0. The van der Waals surface area contributed by atoms with Crippen molar-refractivity contribution in [1.82, 2.24) is 0 Å². The number of hydrogen-bond donors (Lipinski definition) is 1. The molecule has 0 aromatic carbocycles. The fourth-order valence-corrected chi connectivity index (χ4v) is 2.30.